The van der Waals surface area contributed by atoms with Crippen molar-refractivity contribution < 1.29 is 4.74 Å². The minimum Gasteiger partial charge on any atom is -0.385 e. The van der Waals surface area contributed by atoms with E-state index >= 15 is 0 Å². The highest BCUT2D eigenvalue weighted by Crippen LogP contribution is 2.26. The number of fused-ring (bicyclic) bond motifs is 1. The van der Waals surface area contributed by atoms with Crippen LogP contribution in [0.2, 0.25) is 0 Å². The Kier molecular flexibility index (Phi) is 6.00. The van der Waals surface area contributed by atoms with Crippen LogP contribution in [0.15, 0.2) is 16.0 Å². The highest BCUT2D eigenvalue weighted by molar-refractivity contribution is 8.00. The smallest absolute Gasteiger partial charge is 0.262 e. The number of ether oxygens (including phenoxy) is 1. The summed E-state index contributed by atoms with van der Waals surface area (Å²) >= 11 is 2.88. The molecule has 0 saturated heterocycles. The maximum atomic E-state index is 12.7. The van der Waals surface area contributed by atoms with Gasteiger partial charge in [-0.15, -0.1) is 11.3 Å². The van der Waals surface area contributed by atoms with Crippen molar-refractivity contribution in [3.05, 3.63) is 21.3 Å². The quantitative estimate of drug-likeness (QED) is 0.441. The van der Waals surface area contributed by atoms with Crippen LogP contribution in [0.4, 0.5) is 0 Å². The lowest BCUT2D eigenvalue weighted by molar-refractivity contribution is 0.189. The third kappa shape index (κ3) is 3.69. The Hall–Kier alpha value is -1.36. The Morgan fingerprint density at radius 3 is 3.00 bits per heavy atom. The molecule has 2 rings (SSSR count). The molecule has 0 fully saturated rings. The van der Waals surface area contributed by atoms with Crippen LogP contribution in [0, 0.1) is 11.3 Å². The van der Waals surface area contributed by atoms with Gasteiger partial charge in [0.25, 0.3) is 5.56 Å². The Bertz CT molecular complexity index is 746. The molecule has 5 nitrogen and oxygen atoms in total. The third-order valence-corrected chi connectivity index (χ3v) is 5.36. The number of aromatic nitrogens is 2. The van der Waals surface area contributed by atoms with Crippen molar-refractivity contribution >= 4 is 33.3 Å². The molecular weight excluding hydrogens is 318 g/mol. The molecule has 2 aromatic rings. The molecule has 22 heavy (non-hydrogen) atoms. The summed E-state index contributed by atoms with van der Waals surface area (Å²) in [4.78, 5) is 19.3. The summed E-state index contributed by atoms with van der Waals surface area (Å²) in [6.45, 7) is 5.02. The molecule has 0 bridgehead atoms. The zero-order valence-electron chi connectivity index (χ0n) is 13.0. The molecule has 0 aliphatic rings. The number of thiophene rings is 1. The van der Waals surface area contributed by atoms with Crippen LogP contribution >= 0.6 is 23.1 Å². The van der Waals surface area contributed by atoms with Crippen LogP contribution in [0.25, 0.3) is 10.2 Å². The fraction of sp³-hybridized carbons (Fsp3) is 0.533. The van der Waals surface area contributed by atoms with E-state index in [9.17, 15) is 4.79 Å². The van der Waals surface area contributed by atoms with Crippen molar-refractivity contribution in [1.82, 2.24) is 9.55 Å². The van der Waals surface area contributed by atoms with Crippen LogP contribution in [-0.2, 0) is 17.7 Å². The number of nitrogens with zero attached hydrogens (tertiary/aromatic N) is 3. The van der Waals surface area contributed by atoms with Gasteiger partial charge in [0.05, 0.1) is 16.7 Å². The number of nitriles is 1. The van der Waals surface area contributed by atoms with Gasteiger partial charge >= 0.3 is 0 Å². The van der Waals surface area contributed by atoms with Crippen molar-refractivity contribution in [3.63, 3.8) is 0 Å². The van der Waals surface area contributed by atoms with Gasteiger partial charge in [-0.25, -0.2) is 4.98 Å². The molecule has 118 valence electrons. The van der Waals surface area contributed by atoms with Crippen LogP contribution in [0.3, 0.4) is 0 Å². The van der Waals surface area contributed by atoms with Gasteiger partial charge in [0.15, 0.2) is 5.16 Å². The molecule has 0 aromatic carbocycles. The van der Waals surface area contributed by atoms with E-state index in [1.807, 2.05) is 13.0 Å². The molecule has 2 heterocycles. The average molecular weight is 337 g/mol. The molecular formula is C15H19N3O2S2. The maximum Gasteiger partial charge on any atom is 0.262 e. The summed E-state index contributed by atoms with van der Waals surface area (Å²) in [5, 5.41) is 10.1. The lowest BCUT2D eigenvalue weighted by atomic mass is 10.3. The summed E-state index contributed by atoms with van der Waals surface area (Å²) in [6, 6.07) is 4.11. The van der Waals surface area contributed by atoms with Crippen molar-refractivity contribution in [1.29, 1.82) is 5.26 Å². The van der Waals surface area contributed by atoms with Gasteiger partial charge in [0.2, 0.25) is 0 Å². The first kappa shape index (κ1) is 17.0. The number of thioether (sulfide) groups is 1. The van der Waals surface area contributed by atoms with Gasteiger partial charge in [-0.3, -0.25) is 9.36 Å². The van der Waals surface area contributed by atoms with Crippen LogP contribution in [0.1, 0.15) is 25.1 Å². The summed E-state index contributed by atoms with van der Waals surface area (Å²) in [7, 11) is 1.64. The first-order valence-corrected chi connectivity index (χ1v) is 8.88. The van der Waals surface area contributed by atoms with E-state index in [0.717, 1.165) is 22.5 Å². The third-order valence-electron chi connectivity index (χ3n) is 3.21. The van der Waals surface area contributed by atoms with Crippen molar-refractivity contribution in [2.45, 2.75) is 43.6 Å². The summed E-state index contributed by atoms with van der Waals surface area (Å²) in [5.41, 5.74) is -0.0234. The number of rotatable bonds is 7. The van der Waals surface area contributed by atoms with E-state index < -0.39 is 0 Å². The largest absolute Gasteiger partial charge is 0.385 e. The molecule has 0 saturated carbocycles. The number of aryl methyl sites for hydroxylation is 1. The summed E-state index contributed by atoms with van der Waals surface area (Å²) < 4.78 is 6.73. The Balaban J connectivity index is 2.50. The monoisotopic (exact) mass is 337 g/mol. The van der Waals surface area contributed by atoms with Gasteiger partial charge in [-0.2, -0.15) is 5.26 Å². The van der Waals surface area contributed by atoms with E-state index in [2.05, 4.69) is 18.0 Å². The second-order valence-electron chi connectivity index (χ2n) is 4.87. The molecule has 7 heteroatoms. The molecule has 0 amide bonds. The Labute approximate surface area is 137 Å². The number of hydrogen-bond acceptors (Lipinski definition) is 6. The Morgan fingerprint density at radius 2 is 2.36 bits per heavy atom. The molecule has 0 radical (unpaired) electrons. The average Bonchev–Trinajstić information content (AvgIpc) is 2.93. The molecule has 0 N–H and O–H groups in total. The minimum absolute atomic E-state index is 0.0234. The first-order chi connectivity index (χ1) is 10.6. The SMILES string of the molecule is CCc1cc2c(=O)n(CCCOC)c(S[C@H](C)C#N)nc2s1. The minimum atomic E-state index is -0.247. The van der Waals surface area contributed by atoms with Crippen LogP contribution in [0.5, 0.6) is 0 Å². The molecule has 1 atom stereocenters. The first-order valence-electron chi connectivity index (χ1n) is 7.19. The second-order valence-corrected chi connectivity index (χ2v) is 7.29. The molecule has 0 aliphatic heterocycles. The van der Waals surface area contributed by atoms with Gasteiger partial charge in [0.1, 0.15) is 4.83 Å². The number of hydrogen-bond donors (Lipinski definition) is 0. The van der Waals surface area contributed by atoms with Crippen LogP contribution < -0.4 is 5.56 Å². The molecule has 0 unspecified atom stereocenters. The summed E-state index contributed by atoms with van der Waals surface area (Å²) in [5.74, 6) is 0. The van der Waals surface area contributed by atoms with Gasteiger partial charge < -0.3 is 4.74 Å². The van der Waals surface area contributed by atoms with E-state index in [4.69, 9.17) is 10.00 Å². The van der Waals surface area contributed by atoms with E-state index in [-0.39, 0.29) is 10.8 Å². The summed E-state index contributed by atoms with van der Waals surface area (Å²) in [6.07, 6.45) is 1.63. The standard InChI is InChI=1S/C15H19N3O2S2/c1-4-11-8-12-13(22-11)17-15(21-10(2)9-16)18(14(12)19)6-5-7-20-3/h8,10H,4-7H2,1-3H3/t10-/m1/s1. The highest BCUT2D eigenvalue weighted by atomic mass is 32.2. The predicted molar refractivity (Wildman–Crippen MR) is 90.7 cm³/mol. The lowest BCUT2D eigenvalue weighted by Gasteiger charge is -2.12. The van der Waals surface area contributed by atoms with Gasteiger partial charge in [0, 0.05) is 25.1 Å². The van der Waals surface area contributed by atoms with Crippen molar-refractivity contribution in [3.8, 4) is 6.07 Å². The van der Waals surface area contributed by atoms with Crippen molar-refractivity contribution in [2.24, 2.45) is 0 Å². The molecule has 0 spiro atoms. The predicted octanol–water partition coefficient (Wildman–Crippen LogP) is 3.06. The molecule has 0 aliphatic carbocycles. The number of methoxy groups -OCH3 is 1. The maximum absolute atomic E-state index is 12.7. The normalized spacial score (nSPS) is 12.5. The topological polar surface area (TPSA) is 67.9 Å². The van der Waals surface area contributed by atoms with E-state index in [1.165, 1.54) is 11.8 Å². The zero-order valence-corrected chi connectivity index (χ0v) is 14.6. The van der Waals surface area contributed by atoms with Gasteiger partial charge in [-0.1, -0.05) is 18.7 Å². The highest BCUT2D eigenvalue weighted by Gasteiger charge is 2.16. The fourth-order valence-corrected chi connectivity index (χ4v) is 3.89. The second kappa shape index (κ2) is 7.77. The lowest BCUT2D eigenvalue weighted by Crippen LogP contribution is -2.24. The molecule has 2 aromatic heterocycles. The Morgan fingerprint density at radius 1 is 1.59 bits per heavy atom. The van der Waals surface area contributed by atoms with E-state index in [0.29, 0.717) is 23.7 Å². The zero-order chi connectivity index (χ0) is 16.1. The van der Waals surface area contributed by atoms with Crippen molar-refractivity contribution in [2.75, 3.05) is 13.7 Å². The van der Waals surface area contributed by atoms with Gasteiger partial charge in [-0.05, 0) is 25.8 Å². The van der Waals surface area contributed by atoms with E-state index in [1.54, 1.807) is 23.0 Å². The van der Waals surface area contributed by atoms with Crippen LogP contribution in [-0.4, -0.2) is 28.5 Å². The fourth-order valence-electron chi connectivity index (χ4n) is 2.06.